The monoisotopic (exact) mass is 270 g/mol. The summed E-state index contributed by atoms with van der Waals surface area (Å²) in [5, 5.41) is 13.1. The summed E-state index contributed by atoms with van der Waals surface area (Å²) in [6.07, 6.45) is 1.46. The minimum atomic E-state index is -0.333. The smallest absolute Gasteiger partial charge is 0.271 e. The molecule has 0 aromatic heterocycles. The Morgan fingerprint density at radius 1 is 1.25 bits per heavy atom. The average Bonchev–Trinajstić information content (AvgIpc) is 2.47. The van der Waals surface area contributed by atoms with Crippen molar-refractivity contribution in [1.82, 2.24) is 5.43 Å². The third-order valence-electron chi connectivity index (χ3n) is 2.58. The first-order valence-electron chi connectivity index (χ1n) is 5.95. The molecule has 1 amide bonds. The molecule has 0 aliphatic rings. The molecule has 0 aliphatic carbocycles. The molecule has 0 saturated carbocycles. The van der Waals surface area contributed by atoms with Crippen molar-refractivity contribution in [2.24, 2.45) is 5.10 Å². The van der Waals surface area contributed by atoms with E-state index in [1.54, 1.807) is 48.5 Å². The molecule has 0 bridgehead atoms. The van der Waals surface area contributed by atoms with Crippen molar-refractivity contribution in [1.29, 1.82) is 0 Å². The number of phenolic OH excluding ortho intramolecular Hbond substituents is 1. The molecule has 2 rings (SSSR count). The summed E-state index contributed by atoms with van der Waals surface area (Å²) in [5.41, 5.74) is 3.56. The van der Waals surface area contributed by atoms with Crippen LogP contribution in [-0.2, 0) is 0 Å². The summed E-state index contributed by atoms with van der Waals surface area (Å²) in [5.74, 6) is 0.419. The van der Waals surface area contributed by atoms with Crippen molar-refractivity contribution >= 4 is 12.1 Å². The molecule has 0 unspecified atom stereocenters. The lowest BCUT2D eigenvalue weighted by atomic mass is 10.2. The van der Waals surface area contributed by atoms with Gasteiger partial charge in [-0.25, -0.2) is 5.43 Å². The molecule has 0 fully saturated rings. The Morgan fingerprint density at radius 2 is 2.05 bits per heavy atom. The van der Waals surface area contributed by atoms with Gasteiger partial charge in [0.25, 0.3) is 5.91 Å². The van der Waals surface area contributed by atoms with Gasteiger partial charge in [0.1, 0.15) is 11.5 Å². The van der Waals surface area contributed by atoms with Crippen LogP contribution >= 0.6 is 0 Å². The molecule has 0 radical (unpaired) electrons. The van der Waals surface area contributed by atoms with Crippen LogP contribution in [0.2, 0.25) is 0 Å². The Bertz CT molecular complexity index is 639. The molecule has 2 aromatic rings. The maximum absolute atomic E-state index is 11.8. The van der Waals surface area contributed by atoms with Crippen LogP contribution in [0, 0.1) is 0 Å². The minimum Gasteiger partial charge on any atom is -0.508 e. The summed E-state index contributed by atoms with van der Waals surface area (Å²) < 4.78 is 5.05. The molecule has 0 spiro atoms. The van der Waals surface area contributed by atoms with E-state index in [0.717, 1.165) is 0 Å². The summed E-state index contributed by atoms with van der Waals surface area (Å²) in [4.78, 5) is 11.8. The second-order valence-electron chi connectivity index (χ2n) is 4.03. The van der Waals surface area contributed by atoms with Crippen LogP contribution < -0.4 is 10.2 Å². The quantitative estimate of drug-likeness (QED) is 0.660. The normalized spacial score (nSPS) is 10.4. The standard InChI is InChI=1S/C15H14N2O3/c1-20-14-7-3-5-12(9-14)15(19)17-16-10-11-4-2-6-13(18)8-11/h2-10,18H,1H3,(H,17,19)/b16-10+. The Hall–Kier alpha value is -2.82. The van der Waals surface area contributed by atoms with E-state index in [0.29, 0.717) is 16.9 Å². The third kappa shape index (κ3) is 3.58. The molecule has 5 nitrogen and oxygen atoms in total. The number of rotatable bonds is 4. The van der Waals surface area contributed by atoms with Gasteiger partial charge in [0.2, 0.25) is 0 Å². The predicted octanol–water partition coefficient (Wildman–Crippen LogP) is 2.16. The van der Waals surface area contributed by atoms with Crippen LogP contribution in [0.4, 0.5) is 0 Å². The molecule has 0 aliphatic heterocycles. The highest BCUT2D eigenvalue weighted by Crippen LogP contribution is 2.12. The first kappa shape index (κ1) is 13.6. The lowest BCUT2D eigenvalue weighted by Gasteiger charge is -2.02. The average molecular weight is 270 g/mol. The molecule has 2 aromatic carbocycles. The molecular formula is C15H14N2O3. The van der Waals surface area contributed by atoms with Crippen molar-refractivity contribution in [2.75, 3.05) is 7.11 Å². The van der Waals surface area contributed by atoms with E-state index >= 15 is 0 Å². The first-order chi connectivity index (χ1) is 9.69. The van der Waals surface area contributed by atoms with Gasteiger partial charge >= 0.3 is 0 Å². The molecular weight excluding hydrogens is 256 g/mol. The number of carbonyl (C=O) groups excluding carboxylic acids is 1. The molecule has 102 valence electrons. The Morgan fingerprint density at radius 3 is 2.80 bits per heavy atom. The van der Waals surface area contributed by atoms with Crippen LogP contribution in [0.15, 0.2) is 53.6 Å². The predicted molar refractivity (Wildman–Crippen MR) is 76.2 cm³/mol. The van der Waals surface area contributed by atoms with E-state index in [-0.39, 0.29) is 11.7 Å². The second kappa shape index (κ2) is 6.38. The van der Waals surface area contributed by atoms with E-state index in [1.165, 1.54) is 13.3 Å². The number of hydrogen-bond acceptors (Lipinski definition) is 4. The Kier molecular flexibility index (Phi) is 4.34. The highest BCUT2D eigenvalue weighted by Gasteiger charge is 2.04. The maximum atomic E-state index is 11.8. The Balaban J connectivity index is 2.01. The van der Waals surface area contributed by atoms with Crippen LogP contribution in [0.3, 0.4) is 0 Å². The van der Waals surface area contributed by atoms with Crippen molar-refractivity contribution in [2.45, 2.75) is 0 Å². The zero-order valence-electron chi connectivity index (χ0n) is 10.9. The van der Waals surface area contributed by atoms with E-state index < -0.39 is 0 Å². The summed E-state index contributed by atoms with van der Waals surface area (Å²) in [7, 11) is 1.54. The minimum absolute atomic E-state index is 0.146. The number of aromatic hydroxyl groups is 1. The number of amides is 1. The number of methoxy groups -OCH3 is 1. The number of hydrazone groups is 1. The lowest BCUT2D eigenvalue weighted by molar-refractivity contribution is 0.0955. The van der Waals surface area contributed by atoms with Crippen LogP contribution in [0.1, 0.15) is 15.9 Å². The fraction of sp³-hybridized carbons (Fsp3) is 0.0667. The fourth-order valence-electron chi connectivity index (χ4n) is 1.60. The fourth-order valence-corrected chi connectivity index (χ4v) is 1.60. The van der Waals surface area contributed by atoms with Gasteiger partial charge in [-0.05, 0) is 35.9 Å². The van der Waals surface area contributed by atoms with Gasteiger partial charge in [0.15, 0.2) is 0 Å². The largest absolute Gasteiger partial charge is 0.508 e. The van der Waals surface area contributed by atoms with Crippen molar-refractivity contribution < 1.29 is 14.6 Å². The van der Waals surface area contributed by atoms with Crippen molar-refractivity contribution in [3.63, 3.8) is 0 Å². The molecule has 0 saturated heterocycles. The van der Waals surface area contributed by atoms with Crippen LogP contribution in [-0.4, -0.2) is 24.3 Å². The zero-order valence-corrected chi connectivity index (χ0v) is 10.9. The highest BCUT2D eigenvalue weighted by atomic mass is 16.5. The van der Waals surface area contributed by atoms with Gasteiger partial charge in [-0.1, -0.05) is 18.2 Å². The molecule has 2 N–H and O–H groups in total. The van der Waals surface area contributed by atoms with Gasteiger partial charge < -0.3 is 9.84 Å². The van der Waals surface area contributed by atoms with Crippen molar-refractivity contribution in [3.05, 3.63) is 59.7 Å². The molecule has 20 heavy (non-hydrogen) atoms. The summed E-state index contributed by atoms with van der Waals surface area (Å²) >= 11 is 0. The van der Waals surface area contributed by atoms with E-state index in [1.807, 2.05) is 0 Å². The number of phenols is 1. The lowest BCUT2D eigenvalue weighted by Crippen LogP contribution is -2.17. The van der Waals surface area contributed by atoms with E-state index in [4.69, 9.17) is 4.74 Å². The summed E-state index contributed by atoms with van der Waals surface area (Å²) in [6.45, 7) is 0. The van der Waals surface area contributed by atoms with Gasteiger partial charge in [0, 0.05) is 5.56 Å². The second-order valence-corrected chi connectivity index (χ2v) is 4.03. The SMILES string of the molecule is COc1cccc(C(=O)N/N=C/c2cccc(O)c2)c1. The van der Waals surface area contributed by atoms with Gasteiger partial charge in [0.05, 0.1) is 13.3 Å². The number of benzene rings is 2. The van der Waals surface area contributed by atoms with Crippen LogP contribution in [0.25, 0.3) is 0 Å². The van der Waals surface area contributed by atoms with E-state index in [2.05, 4.69) is 10.5 Å². The zero-order chi connectivity index (χ0) is 14.4. The number of nitrogens with one attached hydrogen (secondary N) is 1. The first-order valence-corrected chi connectivity index (χ1v) is 5.95. The van der Waals surface area contributed by atoms with Gasteiger partial charge in [-0.2, -0.15) is 5.10 Å². The highest BCUT2D eigenvalue weighted by molar-refractivity contribution is 5.95. The number of ether oxygens (including phenoxy) is 1. The Labute approximate surface area is 116 Å². The van der Waals surface area contributed by atoms with E-state index in [9.17, 15) is 9.90 Å². The van der Waals surface area contributed by atoms with Crippen LogP contribution in [0.5, 0.6) is 11.5 Å². The molecule has 5 heteroatoms. The molecule has 0 atom stereocenters. The number of hydrogen-bond donors (Lipinski definition) is 2. The maximum Gasteiger partial charge on any atom is 0.271 e. The molecule has 0 heterocycles. The number of carbonyl (C=O) groups is 1. The number of nitrogens with zero attached hydrogens (tertiary/aromatic N) is 1. The van der Waals surface area contributed by atoms with Gasteiger partial charge in [-0.15, -0.1) is 0 Å². The third-order valence-corrected chi connectivity index (χ3v) is 2.58. The topological polar surface area (TPSA) is 70.9 Å². The summed E-state index contributed by atoms with van der Waals surface area (Å²) in [6, 6.07) is 13.3. The van der Waals surface area contributed by atoms with Crippen molar-refractivity contribution in [3.8, 4) is 11.5 Å². The van der Waals surface area contributed by atoms with Gasteiger partial charge in [-0.3, -0.25) is 4.79 Å².